The summed E-state index contributed by atoms with van der Waals surface area (Å²) in [7, 11) is 1.50. The molecule has 0 aliphatic carbocycles. The molecule has 1 heterocycles. The van der Waals surface area contributed by atoms with E-state index in [4.69, 9.17) is 27.9 Å². The molecule has 2 N–H and O–H groups in total. The van der Waals surface area contributed by atoms with E-state index in [9.17, 15) is 9.59 Å². The van der Waals surface area contributed by atoms with Crippen molar-refractivity contribution in [1.82, 2.24) is 10.3 Å². The summed E-state index contributed by atoms with van der Waals surface area (Å²) in [5, 5.41) is 4.42. The molecule has 0 spiro atoms. The summed E-state index contributed by atoms with van der Waals surface area (Å²) in [5.41, 5.74) is 3.75. The molecule has 0 aliphatic heterocycles. The molecule has 0 saturated heterocycles. The smallest absolute Gasteiger partial charge is 0.207 e. The van der Waals surface area contributed by atoms with E-state index in [1.807, 2.05) is 0 Å². The van der Waals surface area contributed by atoms with E-state index < -0.39 is 0 Å². The van der Waals surface area contributed by atoms with Crippen LogP contribution in [-0.2, 0) is 17.6 Å². The summed E-state index contributed by atoms with van der Waals surface area (Å²) in [6.07, 6.45) is 4.16. The number of aromatic nitrogens is 1. The number of H-pyrrole nitrogens is 1. The first-order valence-electron chi connectivity index (χ1n) is 9.89. The van der Waals surface area contributed by atoms with Gasteiger partial charge in [-0.25, -0.2) is 0 Å². The Kier molecular flexibility index (Phi) is 7.40. The lowest BCUT2D eigenvalue weighted by atomic mass is 9.94. The number of nitrogens with one attached hydrogen (secondary N) is 2. The molecular weight excluding hydrogens is 423 g/mol. The van der Waals surface area contributed by atoms with E-state index >= 15 is 0 Å². The number of carbonyl (C=O) groups excluding carboxylic acids is 2. The number of rotatable bonds is 10. The monoisotopic (exact) mass is 446 g/mol. The Morgan fingerprint density at radius 3 is 2.57 bits per heavy atom. The normalized spacial score (nSPS) is 10.9. The third kappa shape index (κ3) is 4.47. The second-order valence-corrected chi connectivity index (χ2v) is 7.88. The van der Waals surface area contributed by atoms with Gasteiger partial charge >= 0.3 is 0 Å². The van der Waals surface area contributed by atoms with Crippen LogP contribution >= 0.6 is 23.2 Å². The molecule has 0 unspecified atom stereocenters. The van der Waals surface area contributed by atoms with Crippen LogP contribution < -0.4 is 10.1 Å². The number of benzene rings is 2. The SMILES string of the molecule is CCCCc1[nH]c2cc(Cl)c(OC)c(C(=O)c3ccc(Cl)cc3)c2c1CCNC=O. The number of methoxy groups -OCH3 is 1. The molecule has 7 heteroatoms. The van der Waals surface area contributed by atoms with Gasteiger partial charge in [0, 0.05) is 33.7 Å². The molecule has 5 nitrogen and oxygen atoms in total. The second kappa shape index (κ2) is 10.0. The van der Waals surface area contributed by atoms with E-state index in [1.165, 1.54) is 7.11 Å². The van der Waals surface area contributed by atoms with Crippen LogP contribution in [0.1, 0.15) is 46.9 Å². The zero-order chi connectivity index (χ0) is 21.7. The van der Waals surface area contributed by atoms with Crippen LogP contribution in [-0.4, -0.2) is 30.8 Å². The maximum absolute atomic E-state index is 13.5. The highest BCUT2D eigenvalue weighted by atomic mass is 35.5. The Morgan fingerprint density at radius 1 is 1.20 bits per heavy atom. The molecule has 0 atom stereocenters. The van der Waals surface area contributed by atoms with Crippen LogP contribution in [0.15, 0.2) is 30.3 Å². The van der Waals surface area contributed by atoms with E-state index in [2.05, 4.69) is 17.2 Å². The molecule has 158 valence electrons. The molecule has 0 saturated carbocycles. The van der Waals surface area contributed by atoms with Gasteiger partial charge in [0.05, 0.1) is 17.7 Å². The first kappa shape index (κ1) is 22.2. The zero-order valence-corrected chi connectivity index (χ0v) is 18.5. The van der Waals surface area contributed by atoms with Gasteiger partial charge < -0.3 is 15.0 Å². The third-order valence-corrected chi connectivity index (χ3v) is 5.64. The lowest BCUT2D eigenvalue weighted by Gasteiger charge is -2.13. The van der Waals surface area contributed by atoms with Crippen molar-refractivity contribution in [2.75, 3.05) is 13.7 Å². The number of ether oxygens (including phenoxy) is 1. The topological polar surface area (TPSA) is 71.2 Å². The standard InChI is InChI=1S/C23H24Cl2N2O3/c1-3-4-5-18-16(10-11-26-13-28)20-19(27-18)12-17(25)23(30-2)21(20)22(29)14-6-8-15(24)9-7-14/h6-9,12-13,27H,3-5,10-11H2,1-2H3,(H,26,28). The van der Waals surface area contributed by atoms with Crippen molar-refractivity contribution in [3.05, 3.63) is 62.8 Å². The number of aromatic amines is 1. The molecule has 30 heavy (non-hydrogen) atoms. The zero-order valence-electron chi connectivity index (χ0n) is 17.0. The largest absolute Gasteiger partial charge is 0.494 e. The summed E-state index contributed by atoms with van der Waals surface area (Å²) in [4.78, 5) is 27.8. The Bertz CT molecular complexity index is 1060. The highest BCUT2D eigenvalue weighted by Crippen LogP contribution is 2.40. The van der Waals surface area contributed by atoms with Gasteiger partial charge in [-0.1, -0.05) is 36.5 Å². The minimum absolute atomic E-state index is 0.193. The number of hydrogen-bond donors (Lipinski definition) is 2. The molecule has 3 rings (SSSR count). The Hall–Kier alpha value is -2.50. The highest BCUT2D eigenvalue weighted by Gasteiger charge is 2.25. The Labute approximate surface area is 185 Å². The number of ketones is 1. The molecule has 1 amide bonds. The van der Waals surface area contributed by atoms with E-state index in [1.54, 1.807) is 30.3 Å². The van der Waals surface area contributed by atoms with Crippen LogP contribution in [0, 0.1) is 0 Å². The molecule has 0 radical (unpaired) electrons. The lowest BCUT2D eigenvalue weighted by Crippen LogP contribution is -2.15. The number of aryl methyl sites for hydroxylation is 1. The number of amides is 1. The van der Waals surface area contributed by atoms with Gasteiger partial charge in [0.25, 0.3) is 0 Å². The number of hydrogen-bond acceptors (Lipinski definition) is 3. The number of fused-ring (bicyclic) bond motifs is 1. The predicted octanol–water partition coefficient (Wildman–Crippen LogP) is 5.35. The van der Waals surface area contributed by atoms with Crippen molar-refractivity contribution in [3.63, 3.8) is 0 Å². The average molecular weight is 447 g/mol. The van der Waals surface area contributed by atoms with Crippen LogP contribution in [0.25, 0.3) is 10.9 Å². The molecule has 2 aromatic carbocycles. The summed E-state index contributed by atoms with van der Waals surface area (Å²) in [6, 6.07) is 8.54. The van der Waals surface area contributed by atoms with Crippen molar-refractivity contribution in [3.8, 4) is 5.75 Å². The summed E-state index contributed by atoms with van der Waals surface area (Å²) >= 11 is 12.5. The lowest BCUT2D eigenvalue weighted by molar-refractivity contribution is -0.109. The van der Waals surface area contributed by atoms with Crippen molar-refractivity contribution in [2.45, 2.75) is 32.6 Å². The Morgan fingerprint density at radius 2 is 1.93 bits per heavy atom. The quantitative estimate of drug-likeness (QED) is 0.250. The fraction of sp³-hybridized carbons (Fsp3) is 0.304. The summed E-state index contributed by atoms with van der Waals surface area (Å²) in [6.45, 7) is 2.60. The minimum Gasteiger partial charge on any atom is -0.494 e. The molecule has 0 bridgehead atoms. The summed E-state index contributed by atoms with van der Waals surface area (Å²) < 4.78 is 5.56. The van der Waals surface area contributed by atoms with E-state index in [0.717, 1.165) is 41.4 Å². The number of unbranched alkanes of at least 4 members (excludes halogenated alkanes) is 1. The number of carbonyl (C=O) groups is 2. The molecule has 1 aromatic heterocycles. The van der Waals surface area contributed by atoms with E-state index in [0.29, 0.717) is 46.3 Å². The highest BCUT2D eigenvalue weighted by molar-refractivity contribution is 6.35. The van der Waals surface area contributed by atoms with Gasteiger partial charge in [0.2, 0.25) is 6.41 Å². The average Bonchev–Trinajstić information content (AvgIpc) is 3.08. The fourth-order valence-electron chi connectivity index (χ4n) is 3.69. The first-order valence-corrected chi connectivity index (χ1v) is 10.6. The molecule has 0 fully saturated rings. The summed E-state index contributed by atoms with van der Waals surface area (Å²) in [5.74, 6) is 0.149. The Balaban J connectivity index is 2.25. The van der Waals surface area contributed by atoms with E-state index in [-0.39, 0.29) is 5.78 Å². The molecule has 3 aromatic rings. The van der Waals surface area contributed by atoms with Crippen LogP contribution in [0.5, 0.6) is 5.75 Å². The van der Waals surface area contributed by atoms with Gasteiger partial charge in [0.15, 0.2) is 5.78 Å². The molecule has 0 aliphatic rings. The van der Waals surface area contributed by atoms with Crippen molar-refractivity contribution < 1.29 is 14.3 Å². The maximum Gasteiger partial charge on any atom is 0.207 e. The fourth-order valence-corrected chi connectivity index (χ4v) is 4.10. The van der Waals surface area contributed by atoms with Gasteiger partial charge in [-0.2, -0.15) is 0 Å². The van der Waals surface area contributed by atoms with Crippen LogP contribution in [0.4, 0.5) is 0 Å². The number of halogens is 2. The van der Waals surface area contributed by atoms with Gasteiger partial charge in [-0.05, 0) is 55.2 Å². The minimum atomic E-state index is -0.193. The van der Waals surface area contributed by atoms with Crippen LogP contribution in [0.3, 0.4) is 0 Å². The second-order valence-electron chi connectivity index (χ2n) is 7.03. The molecular formula is C23H24Cl2N2O3. The maximum atomic E-state index is 13.5. The first-order chi connectivity index (χ1) is 14.5. The van der Waals surface area contributed by atoms with Crippen molar-refractivity contribution >= 4 is 46.3 Å². The van der Waals surface area contributed by atoms with Crippen LogP contribution in [0.2, 0.25) is 10.0 Å². The van der Waals surface area contributed by atoms with Gasteiger partial charge in [-0.15, -0.1) is 0 Å². The van der Waals surface area contributed by atoms with Crippen molar-refractivity contribution in [2.24, 2.45) is 0 Å². The third-order valence-electron chi connectivity index (χ3n) is 5.11. The van der Waals surface area contributed by atoms with Gasteiger partial charge in [0.1, 0.15) is 5.75 Å². The predicted molar refractivity (Wildman–Crippen MR) is 121 cm³/mol. The van der Waals surface area contributed by atoms with Gasteiger partial charge in [-0.3, -0.25) is 9.59 Å². The van der Waals surface area contributed by atoms with Crippen molar-refractivity contribution in [1.29, 1.82) is 0 Å².